The zero-order valence-electron chi connectivity index (χ0n) is 12.2. The molecule has 0 aliphatic heterocycles. The second kappa shape index (κ2) is 7.66. The van der Waals surface area contributed by atoms with Gasteiger partial charge in [-0.1, -0.05) is 43.0 Å². The van der Waals surface area contributed by atoms with E-state index < -0.39 is 5.97 Å². The van der Waals surface area contributed by atoms with Gasteiger partial charge in [0.1, 0.15) is 0 Å². The first-order chi connectivity index (χ1) is 10.6. The van der Waals surface area contributed by atoms with E-state index in [1.807, 2.05) is 37.3 Å². The lowest BCUT2D eigenvalue weighted by Crippen LogP contribution is -2.22. The minimum Gasteiger partial charge on any atom is -0.545 e. The van der Waals surface area contributed by atoms with Crippen molar-refractivity contribution in [1.29, 1.82) is 0 Å². The molecular weight excluding hydrogens is 298 g/mol. The molecule has 0 aliphatic carbocycles. The molecule has 2 rings (SSSR count). The average Bonchev–Trinajstić information content (AvgIpc) is 2.50. The topological polar surface area (TPSA) is 69.2 Å². The molecule has 0 aliphatic rings. The first-order valence-electron chi connectivity index (χ1n) is 6.98. The fourth-order valence-corrected chi connectivity index (χ4v) is 2.80. The highest BCUT2D eigenvalue weighted by molar-refractivity contribution is 7.99. The molecule has 2 aromatic carbocycles. The van der Waals surface area contributed by atoms with Crippen LogP contribution in [0.3, 0.4) is 0 Å². The number of hydrogen-bond acceptors (Lipinski definition) is 4. The molecule has 0 saturated heterocycles. The summed E-state index contributed by atoms with van der Waals surface area (Å²) in [4.78, 5) is 24.6. The van der Waals surface area contributed by atoms with Gasteiger partial charge in [0.15, 0.2) is 0 Å². The third-order valence-electron chi connectivity index (χ3n) is 2.94. The van der Waals surface area contributed by atoms with E-state index in [4.69, 9.17) is 0 Å². The van der Waals surface area contributed by atoms with Crippen molar-refractivity contribution >= 4 is 29.3 Å². The zero-order valence-corrected chi connectivity index (χ0v) is 13.0. The van der Waals surface area contributed by atoms with Gasteiger partial charge in [-0.2, -0.15) is 0 Å². The molecule has 0 heterocycles. The Morgan fingerprint density at radius 1 is 1.14 bits per heavy atom. The number of carbonyl (C=O) groups excluding carboxylic acids is 2. The molecule has 2 aromatic rings. The van der Waals surface area contributed by atoms with Crippen LogP contribution in [0, 0.1) is 0 Å². The molecule has 0 bridgehead atoms. The summed E-state index contributed by atoms with van der Waals surface area (Å²) in [7, 11) is 0. The number of nitrogens with one attached hydrogen (secondary N) is 1. The van der Waals surface area contributed by atoms with Gasteiger partial charge in [0, 0.05) is 16.2 Å². The highest BCUT2D eigenvalue weighted by Crippen LogP contribution is 2.34. The largest absolute Gasteiger partial charge is 0.545 e. The zero-order chi connectivity index (χ0) is 15.9. The molecule has 22 heavy (non-hydrogen) atoms. The predicted octanol–water partition coefficient (Wildman–Crippen LogP) is 2.94. The molecule has 0 radical (unpaired) electrons. The highest BCUT2D eigenvalue weighted by atomic mass is 32.2. The molecule has 1 amide bonds. The monoisotopic (exact) mass is 314 g/mol. The minimum atomic E-state index is -1.26. The molecule has 0 unspecified atom stereocenters. The maximum atomic E-state index is 11.8. The van der Waals surface area contributed by atoms with Crippen molar-refractivity contribution in [3.8, 4) is 0 Å². The summed E-state index contributed by atoms with van der Waals surface area (Å²) in [6.07, 6.45) is 1.12. The lowest BCUT2D eigenvalue weighted by molar-refractivity contribution is -0.255. The van der Waals surface area contributed by atoms with Crippen LogP contribution in [0.1, 0.15) is 30.1 Å². The number of carbonyl (C=O) groups is 2. The molecule has 0 atom stereocenters. The number of hydrogen-bond donors (Lipinski definition) is 1. The van der Waals surface area contributed by atoms with Crippen LogP contribution < -0.4 is 10.4 Å². The van der Waals surface area contributed by atoms with Crippen LogP contribution in [0.2, 0.25) is 0 Å². The van der Waals surface area contributed by atoms with Gasteiger partial charge in [0.2, 0.25) is 5.91 Å². The first kappa shape index (κ1) is 16.1. The molecular formula is C17H16NO3S-. The van der Waals surface area contributed by atoms with Crippen LogP contribution in [0.15, 0.2) is 58.3 Å². The standard InChI is InChI=1S/C17H17NO3S/c1-2-6-16(19)18-14-11-12(17(20)21)9-10-15(14)22-13-7-4-3-5-8-13/h3-5,7-11H,2,6H2,1H3,(H,18,19)(H,20,21)/p-1. The van der Waals surface area contributed by atoms with Gasteiger partial charge in [-0.15, -0.1) is 0 Å². The van der Waals surface area contributed by atoms with Crippen LogP contribution in [0.4, 0.5) is 5.69 Å². The summed E-state index contributed by atoms with van der Waals surface area (Å²) >= 11 is 1.47. The minimum absolute atomic E-state index is 0.0456. The van der Waals surface area contributed by atoms with E-state index in [-0.39, 0.29) is 11.5 Å². The van der Waals surface area contributed by atoms with Crippen molar-refractivity contribution < 1.29 is 14.7 Å². The average molecular weight is 314 g/mol. The molecule has 1 N–H and O–H groups in total. The number of aromatic carboxylic acids is 1. The Kier molecular flexibility index (Phi) is 5.61. The van der Waals surface area contributed by atoms with E-state index in [2.05, 4.69) is 5.32 Å². The Balaban J connectivity index is 2.30. The smallest absolute Gasteiger partial charge is 0.224 e. The number of rotatable bonds is 6. The highest BCUT2D eigenvalue weighted by Gasteiger charge is 2.09. The number of amides is 1. The fourth-order valence-electron chi connectivity index (χ4n) is 1.90. The van der Waals surface area contributed by atoms with E-state index in [1.165, 1.54) is 23.9 Å². The van der Waals surface area contributed by atoms with Gasteiger partial charge in [0.05, 0.1) is 11.7 Å². The van der Waals surface area contributed by atoms with Crippen molar-refractivity contribution in [2.45, 2.75) is 29.6 Å². The number of benzene rings is 2. The second-order valence-corrected chi connectivity index (χ2v) is 5.83. The third kappa shape index (κ3) is 4.36. The maximum Gasteiger partial charge on any atom is 0.224 e. The van der Waals surface area contributed by atoms with Crippen molar-refractivity contribution in [2.24, 2.45) is 0 Å². The van der Waals surface area contributed by atoms with Crippen molar-refractivity contribution in [2.75, 3.05) is 5.32 Å². The van der Waals surface area contributed by atoms with Crippen LogP contribution in [-0.2, 0) is 4.79 Å². The molecule has 0 saturated carbocycles. The Labute approximate surface area is 133 Å². The number of anilines is 1. The van der Waals surface area contributed by atoms with Crippen molar-refractivity contribution in [3.05, 3.63) is 54.1 Å². The summed E-state index contributed by atoms with van der Waals surface area (Å²) in [6.45, 7) is 1.91. The fraction of sp³-hybridized carbons (Fsp3) is 0.176. The Morgan fingerprint density at radius 2 is 1.86 bits per heavy atom. The molecule has 4 nitrogen and oxygen atoms in total. The summed E-state index contributed by atoms with van der Waals surface area (Å²) < 4.78 is 0. The summed E-state index contributed by atoms with van der Waals surface area (Å²) in [5, 5.41) is 13.8. The lowest BCUT2D eigenvalue weighted by atomic mass is 10.2. The predicted molar refractivity (Wildman–Crippen MR) is 84.9 cm³/mol. The van der Waals surface area contributed by atoms with Gasteiger partial charge in [0.25, 0.3) is 0 Å². The Bertz CT molecular complexity index is 671. The number of carboxylic acid groups (broad SMARTS) is 1. The summed E-state index contributed by atoms with van der Waals surface area (Å²) in [6, 6.07) is 14.3. The SMILES string of the molecule is CCCC(=O)Nc1cc(C(=O)[O-])ccc1Sc1ccccc1. The Morgan fingerprint density at radius 3 is 2.50 bits per heavy atom. The van der Waals surface area contributed by atoms with E-state index in [0.717, 1.165) is 16.2 Å². The molecule has 5 heteroatoms. The summed E-state index contributed by atoms with van der Waals surface area (Å²) in [5.41, 5.74) is 0.540. The maximum absolute atomic E-state index is 11.8. The summed E-state index contributed by atoms with van der Waals surface area (Å²) in [5.74, 6) is -1.39. The van der Waals surface area contributed by atoms with Crippen molar-refractivity contribution in [3.63, 3.8) is 0 Å². The van der Waals surface area contributed by atoms with Crippen molar-refractivity contribution in [1.82, 2.24) is 0 Å². The van der Waals surface area contributed by atoms with E-state index >= 15 is 0 Å². The molecule has 0 fully saturated rings. The van der Waals surface area contributed by atoms with Crippen LogP contribution >= 0.6 is 11.8 Å². The van der Waals surface area contributed by atoms with E-state index in [1.54, 1.807) is 6.07 Å². The van der Waals surface area contributed by atoms with E-state index in [0.29, 0.717) is 12.1 Å². The Hall–Kier alpha value is -2.27. The number of carboxylic acids is 1. The van der Waals surface area contributed by atoms with Crippen LogP contribution in [0.25, 0.3) is 0 Å². The van der Waals surface area contributed by atoms with Crippen LogP contribution in [-0.4, -0.2) is 11.9 Å². The molecule has 0 aromatic heterocycles. The van der Waals surface area contributed by atoms with Gasteiger partial charge >= 0.3 is 0 Å². The second-order valence-electron chi connectivity index (χ2n) is 4.71. The van der Waals surface area contributed by atoms with Gasteiger partial charge in [-0.3, -0.25) is 4.79 Å². The van der Waals surface area contributed by atoms with E-state index in [9.17, 15) is 14.7 Å². The third-order valence-corrected chi connectivity index (χ3v) is 4.02. The molecule has 114 valence electrons. The van der Waals surface area contributed by atoms with Gasteiger partial charge in [-0.05, 0) is 36.2 Å². The molecule has 0 spiro atoms. The quantitative estimate of drug-likeness (QED) is 0.890. The van der Waals surface area contributed by atoms with Gasteiger partial charge in [-0.25, -0.2) is 0 Å². The van der Waals surface area contributed by atoms with Crippen LogP contribution in [0.5, 0.6) is 0 Å². The van der Waals surface area contributed by atoms with Gasteiger partial charge < -0.3 is 15.2 Å². The normalized spacial score (nSPS) is 10.2. The lowest BCUT2D eigenvalue weighted by Gasteiger charge is -2.13. The first-order valence-corrected chi connectivity index (χ1v) is 7.80.